The third-order valence-electron chi connectivity index (χ3n) is 1.39. The van der Waals surface area contributed by atoms with Crippen molar-refractivity contribution in [2.75, 3.05) is 0 Å². The van der Waals surface area contributed by atoms with Crippen LogP contribution >= 0.6 is 15.9 Å². The molecule has 0 atom stereocenters. The topological polar surface area (TPSA) is 43.1 Å². The number of rotatable bonds is 0. The van der Waals surface area contributed by atoms with Gasteiger partial charge in [0.25, 0.3) is 0 Å². The van der Waals surface area contributed by atoms with Gasteiger partial charge in [0.1, 0.15) is 0 Å². The number of aromatic nitrogens is 4. The lowest BCUT2D eigenvalue weighted by molar-refractivity contribution is 0.820. The van der Waals surface area contributed by atoms with E-state index in [-0.39, 0.29) is 0 Å². The molecule has 0 bridgehead atoms. The van der Waals surface area contributed by atoms with Crippen molar-refractivity contribution in [3.05, 3.63) is 22.3 Å². The molecule has 4 nitrogen and oxygen atoms in total. The third-order valence-corrected chi connectivity index (χ3v) is 1.97. The fourth-order valence-electron chi connectivity index (χ4n) is 0.932. The number of halogens is 1. The van der Waals surface area contributed by atoms with Crippen molar-refractivity contribution < 1.29 is 0 Å². The van der Waals surface area contributed by atoms with E-state index in [4.69, 9.17) is 0 Å². The molecule has 2 rings (SSSR count). The van der Waals surface area contributed by atoms with E-state index in [9.17, 15) is 0 Å². The Bertz CT molecular complexity index is 394. The second-order valence-corrected chi connectivity index (χ2v) is 3.17. The summed E-state index contributed by atoms with van der Waals surface area (Å²) < 4.78 is 2.56. The van der Waals surface area contributed by atoms with Gasteiger partial charge in [0, 0.05) is 6.20 Å². The van der Waals surface area contributed by atoms with Crippen molar-refractivity contribution in [1.82, 2.24) is 20.0 Å². The van der Waals surface area contributed by atoms with E-state index in [1.54, 1.807) is 4.52 Å². The van der Waals surface area contributed by atoms with Crippen LogP contribution in [0.4, 0.5) is 0 Å². The zero-order valence-electron chi connectivity index (χ0n) is 5.82. The van der Waals surface area contributed by atoms with Crippen molar-refractivity contribution in [2.24, 2.45) is 0 Å². The highest BCUT2D eigenvalue weighted by molar-refractivity contribution is 9.10. The summed E-state index contributed by atoms with van der Waals surface area (Å²) in [7, 11) is 0. The van der Waals surface area contributed by atoms with Crippen LogP contribution in [-0.2, 0) is 0 Å². The standard InChI is InChI=1S/C6H5BrN4/c1-4-2-5(7)6-8-9-10-11(6)3-4/h2-3H,1H3. The maximum absolute atomic E-state index is 3.81. The van der Waals surface area contributed by atoms with Gasteiger partial charge in [-0.05, 0) is 44.9 Å². The molecule has 0 unspecified atom stereocenters. The van der Waals surface area contributed by atoms with Crippen LogP contribution in [0.5, 0.6) is 0 Å². The highest BCUT2D eigenvalue weighted by atomic mass is 79.9. The SMILES string of the molecule is Cc1cc(Br)c2nnnn2c1. The summed E-state index contributed by atoms with van der Waals surface area (Å²) in [6, 6.07) is 1.98. The number of nitrogens with zero attached hydrogens (tertiary/aromatic N) is 4. The Hall–Kier alpha value is -0.970. The Morgan fingerprint density at radius 2 is 2.36 bits per heavy atom. The van der Waals surface area contributed by atoms with Crippen LogP contribution in [0.3, 0.4) is 0 Å². The van der Waals surface area contributed by atoms with Gasteiger partial charge in [0.2, 0.25) is 0 Å². The van der Waals surface area contributed by atoms with E-state index in [1.165, 1.54) is 0 Å². The molecular weight excluding hydrogens is 208 g/mol. The molecule has 2 aromatic rings. The van der Waals surface area contributed by atoms with Gasteiger partial charge in [0.15, 0.2) is 5.65 Å². The molecule has 0 radical (unpaired) electrons. The summed E-state index contributed by atoms with van der Waals surface area (Å²) in [4.78, 5) is 0. The Morgan fingerprint density at radius 3 is 3.18 bits per heavy atom. The Balaban J connectivity index is 2.91. The fraction of sp³-hybridized carbons (Fsp3) is 0.167. The Kier molecular flexibility index (Phi) is 1.38. The molecule has 0 aliphatic carbocycles. The van der Waals surface area contributed by atoms with E-state index in [0.717, 1.165) is 15.7 Å². The molecule has 0 aliphatic rings. The van der Waals surface area contributed by atoms with Gasteiger partial charge in [-0.25, -0.2) is 0 Å². The van der Waals surface area contributed by atoms with Gasteiger partial charge in [-0.1, -0.05) is 0 Å². The van der Waals surface area contributed by atoms with E-state index >= 15 is 0 Å². The molecule has 0 spiro atoms. The lowest BCUT2D eigenvalue weighted by Crippen LogP contribution is -1.89. The average Bonchev–Trinajstić information content (AvgIpc) is 2.34. The van der Waals surface area contributed by atoms with Crippen molar-refractivity contribution in [2.45, 2.75) is 6.92 Å². The molecule has 0 aromatic carbocycles. The summed E-state index contributed by atoms with van der Waals surface area (Å²) in [6.07, 6.45) is 1.88. The van der Waals surface area contributed by atoms with Crippen LogP contribution in [0.1, 0.15) is 5.56 Å². The highest BCUT2D eigenvalue weighted by Gasteiger charge is 2.01. The zero-order valence-corrected chi connectivity index (χ0v) is 7.41. The molecule has 0 fully saturated rings. The van der Waals surface area contributed by atoms with Gasteiger partial charge in [-0.3, -0.25) is 0 Å². The Labute approximate surface area is 71.3 Å². The summed E-state index contributed by atoms with van der Waals surface area (Å²) in [5.41, 5.74) is 1.87. The monoisotopic (exact) mass is 212 g/mol. The van der Waals surface area contributed by atoms with Gasteiger partial charge in [-0.2, -0.15) is 4.52 Å². The number of pyridine rings is 1. The lowest BCUT2D eigenvalue weighted by atomic mass is 10.3. The number of aryl methyl sites for hydroxylation is 1. The van der Waals surface area contributed by atoms with Crippen molar-refractivity contribution in [1.29, 1.82) is 0 Å². The zero-order chi connectivity index (χ0) is 7.84. The maximum Gasteiger partial charge on any atom is 0.193 e. The van der Waals surface area contributed by atoms with Crippen molar-refractivity contribution in [3.63, 3.8) is 0 Å². The minimum Gasteiger partial charge on any atom is -0.199 e. The first-order valence-electron chi connectivity index (χ1n) is 3.11. The normalized spacial score (nSPS) is 10.7. The van der Waals surface area contributed by atoms with Crippen LogP contribution < -0.4 is 0 Å². The fourth-order valence-corrected chi connectivity index (χ4v) is 1.55. The summed E-state index contributed by atoms with van der Waals surface area (Å²) >= 11 is 3.36. The number of hydrogen-bond donors (Lipinski definition) is 0. The number of tetrazole rings is 1. The third kappa shape index (κ3) is 1.01. The predicted molar refractivity (Wildman–Crippen MR) is 43.2 cm³/mol. The number of fused-ring (bicyclic) bond motifs is 1. The van der Waals surface area contributed by atoms with Crippen LogP contribution in [0.15, 0.2) is 16.7 Å². The molecule has 2 aromatic heterocycles. The molecule has 2 heterocycles. The first-order chi connectivity index (χ1) is 5.27. The molecule has 0 saturated carbocycles. The molecule has 56 valence electrons. The van der Waals surface area contributed by atoms with Gasteiger partial charge in [0.05, 0.1) is 4.47 Å². The summed E-state index contributed by atoms with van der Waals surface area (Å²) in [5, 5.41) is 11.1. The van der Waals surface area contributed by atoms with E-state index in [2.05, 4.69) is 31.5 Å². The molecule has 11 heavy (non-hydrogen) atoms. The van der Waals surface area contributed by atoms with Gasteiger partial charge < -0.3 is 0 Å². The van der Waals surface area contributed by atoms with Gasteiger partial charge >= 0.3 is 0 Å². The summed E-state index contributed by atoms with van der Waals surface area (Å²) in [5.74, 6) is 0. The van der Waals surface area contributed by atoms with Crippen LogP contribution in [0.2, 0.25) is 0 Å². The minimum atomic E-state index is 0.746. The maximum atomic E-state index is 3.81. The highest BCUT2D eigenvalue weighted by Crippen LogP contribution is 2.15. The van der Waals surface area contributed by atoms with Gasteiger partial charge in [-0.15, -0.1) is 5.10 Å². The predicted octanol–water partition coefficient (Wildman–Crippen LogP) is 1.20. The lowest BCUT2D eigenvalue weighted by Gasteiger charge is -1.94. The van der Waals surface area contributed by atoms with E-state index in [1.807, 2.05) is 19.2 Å². The molecule has 0 aliphatic heterocycles. The Morgan fingerprint density at radius 1 is 1.55 bits per heavy atom. The quantitative estimate of drug-likeness (QED) is 0.660. The van der Waals surface area contributed by atoms with Crippen molar-refractivity contribution in [3.8, 4) is 0 Å². The molecule has 5 heteroatoms. The minimum absolute atomic E-state index is 0.746. The molecule has 0 N–H and O–H groups in total. The van der Waals surface area contributed by atoms with E-state index in [0.29, 0.717) is 0 Å². The van der Waals surface area contributed by atoms with Crippen LogP contribution in [0.25, 0.3) is 5.65 Å². The molecule has 0 amide bonds. The van der Waals surface area contributed by atoms with Crippen molar-refractivity contribution >= 4 is 21.6 Å². The molecular formula is C6H5BrN4. The smallest absolute Gasteiger partial charge is 0.193 e. The molecule has 0 saturated heterocycles. The first-order valence-corrected chi connectivity index (χ1v) is 3.90. The van der Waals surface area contributed by atoms with Crippen LogP contribution in [-0.4, -0.2) is 20.0 Å². The second-order valence-electron chi connectivity index (χ2n) is 2.31. The van der Waals surface area contributed by atoms with Crippen LogP contribution in [0, 0.1) is 6.92 Å². The largest absolute Gasteiger partial charge is 0.199 e. The first kappa shape index (κ1) is 6.72. The second kappa shape index (κ2) is 2.27. The number of hydrogen-bond acceptors (Lipinski definition) is 3. The van der Waals surface area contributed by atoms with E-state index < -0.39 is 0 Å². The summed E-state index contributed by atoms with van der Waals surface area (Å²) in [6.45, 7) is 1.99. The average molecular weight is 213 g/mol.